The van der Waals surface area contributed by atoms with Crippen LogP contribution in [-0.2, 0) is 6.42 Å². The third-order valence-corrected chi connectivity index (χ3v) is 5.18. The van der Waals surface area contributed by atoms with Gasteiger partial charge >= 0.3 is 6.03 Å². The van der Waals surface area contributed by atoms with Crippen LogP contribution >= 0.6 is 0 Å². The summed E-state index contributed by atoms with van der Waals surface area (Å²) in [6.45, 7) is 2.02. The van der Waals surface area contributed by atoms with Gasteiger partial charge in [-0.1, -0.05) is 67.6 Å². The molecule has 2 heterocycles. The molecule has 0 radical (unpaired) electrons. The largest absolute Gasteiger partial charge is 0.349 e. The first kappa shape index (κ1) is 20.4. The quantitative estimate of drug-likeness (QED) is 0.341. The minimum Gasteiger partial charge on any atom is -0.349 e. The molecule has 0 spiro atoms. The number of aromatic nitrogens is 4. The molecule has 2 unspecified atom stereocenters. The Balaban J connectivity index is 1.45. The Labute approximate surface area is 181 Å². The molecule has 0 aliphatic carbocycles. The van der Waals surface area contributed by atoms with E-state index in [1.165, 1.54) is 0 Å². The van der Waals surface area contributed by atoms with Crippen molar-refractivity contribution < 1.29 is 4.79 Å². The van der Waals surface area contributed by atoms with Crippen LogP contribution in [0.1, 0.15) is 42.6 Å². The lowest BCUT2D eigenvalue weighted by atomic mass is 10.0. The fourth-order valence-electron chi connectivity index (χ4n) is 3.54. The molecule has 2 aromatic carbocycles. The smallest absolute Gasteiger partial charge is 0.315 e. The zero-order valence-corrected chi connectivity index (χ0v) is 17.4. The molecule has 0 saturated heterocycles. The maximum absolute atomic E-state index is 12.9. The van der Waals surface area contributed by atoms with Gasteiger partial charge in [0.25, 0.3) is 0 Å². The normalized spacial score (nSPS) is 12.8. The van der Waals surface area contributed by atoms with Crippen LogP contribution in [0, 0.1) is 0 Å². The third kappa shape index (κ3) is 5.19. The highest BCUT2D eigenvalue weighted by atomic mass is 16.2. The average Bonchev–Trinajstić information content (AvgIpc) is 3.51. The van der Waals surface area contributed by atoms with E-state index in [0.29, 0.717) is 12.8 Å². The van der Waals surface area contributed by atoms with E-state index in [1.54, 1.807) is 18.6 Å². The lowest BCUT2D eigenvalue weighted by molar-refractivity contribution is 0.232. The van der Waals surface area contributed by atoms with Gasteiger partial charge in [-0.3, -0.25) is 0 Å². The number of nitrogens with zero attached hydrogens (tertiary/aromatic N) is 2. The van der Waals surface area contributed by atoms with E-state index in [9.17, 15) is 4.79 Å². The van der Waals surface area contributed by atoms with Gasteiger partial charge in [0.2, 0.25) is 0 Å². The highest BCUT2D eigenvalue weighted by Gasteiger charge is 2.20. The Morgan fingerprint density at radius 3 is 2.35 bits per heavy atom. The second-order valence-electron chi connectivity index (χ2n) is 7.33. The predicted molar refractivity (Wildman–Crippen MR) is 120 cm³/mol. The molecular weight excluding hydrogens is 388 g/mol. The van der Waals surface area contributed by atoms with Gasteiger partial charge in [-0.2, -0.15) is 0 Å². The van der Waals surface area contributed by atoms with Gasteiger partial charge in [-0.15, -0.1) is 0 Å². The lowest BCUT2D eigenvalue weighted by Gasteiger charge is -2.21. The number of nitrogens with one attached hydrogen (secondary N) is 4. The lowest BCUT2D eigenvalue weighted by Crippen LogP contribution is -2.40. The first-order valence-corrected chi connectivity index (χ1v) is 10.4. The van der Waals surface area contributed by atoms with Gasteiger partial charge in [-0.05, 0) is 17.5 Å². The van der Waals surface area contributed by atoms with Crippen molar-refractivity contribution in [3.63, 3.8) is 0 Å². The SMILES string of the molecule is CCC(NC(=O)NC(Cc1ncc[nH]1)c1ccccc1)c1ncc(-c2ccccc2)[nH]1. The first-order chi connectivity index (χ1) is 15.2. The molecular formula is C24H26N6O. The molecule has 7 nitrogen and oxygen atoms in total. The highest BCUT2D eigenvalue weighted by molar-refractivity contribution is 5.75. The van der Waals surface area contributed by atoms with Crippen molar-refractivity contribution in [2.24, 2.45) is 0 Å². The molecule has 0 aliphatic heterocycles. The van der Waals surface area contributed by atoms with Crippen molar-refractivity contribution in [1.29, 1.82) is 0 Å². The Morgan fingerprint density at radius 1 is 0.968 bits per heavy atom. The summed E-state index contributed by atoms with van der Waals surface area (Å²) in [7, 11) is 0. The molecule has 0 aliphatic rings. The van der Waals surface area contributed by atoms with Crippen LogP contribution in [-0.4, -0.2) is 26.0 Å². The number of imidazole rings is 2. The number of amides is 2. The molecule has 0 saturated carbocycles. The van der Waals surface area contributed by atoms with Gasteiger partial charge in [0.1, 0.15) is 11.6 Å². The summed E-state index contributed by atoms with van der Waals surface area (Å²) in [5.41, 5.74) is 3.01. The van der Waals surface area contributed by atoms with E-state index in [4.69, 9.17) is 0 Å². The van der Waals surface area contributed by atoms with E-state index >= 15 is 0 Å². The van der Waals surface area contributed by atoms with E-state index in [-0.39, 0.29) is 18.1 Å². The standard InChI is InChI=1S/C24H26N6O/c1-2-19(23-27-16-21(28-23)18-11-7-4-8-12-18)29-24(31)30-20(15-22-25-13-14-26-22)17-9-5-3-6-10-17/h3-14,16,19-20H,2,15H2,1H3,(H,25,26)(H,27,28)(H2,29,30,31). The molecule has 158 valence electrons. The second-order valence-corrected chi connectivity index (χ2v) is 7.33. The summed E-state index contributed by atoms with van der Waals surface area (Å²) < 4.78 is 0. The van der Waals surface area contributed by atoms with Gasteiger partial charge < -0.3 is 20.6 Å². The fourth-order valence-corrected chi connectivity index (χ4v) is 3.54. The maximum Gasteiger partial charge on any atom is 0.315 e. The number of H-pyrrole nitrogens is 2. The van der Waals surface area contributed by atoms with E-state index in [0.717, 1.165) is 28.5 Å². The molecule has 0 bridgehead atoms. The maximum atomic E-state index is 12.9. The molecule has 7 heteroatoms. The van der Waals surface area contributed by atoms with Crippen LogP contribution < -0.4 is 10.6 Å². The molecule has 4 N–H and O–H groups in total. The van der Waals surface area contributed by atoms with Crippen LogP contribution in [0.4, 0.5) is 4.79 Å². The van der Waals surface area contributed by atoms with Crippen LogP contribution in [0.15, 0.2) is 79.3 Å². The number of urea groups is 1. The first-order valence-electron chi connectivity index (χ1n) is 10.4. The Bertz CT molecular complexity index is 1080. The van der Waals surface area contributed by atoms with Crippen molar-refractivity contribution in [3.05, 3.63) is 96.5 Å². The van der Waals surface area contributed by atoms with Crippen molar-refractivity contribution in [1.82, 2.24) is 30.6 Å². The number of aromatic amines is 2. The zero-order chi connectivity index (χ0) is 21.5. The van der Waals surface area contributed by atoms with Gasteiger partial charge in [0, 0.05) is 18.8 Å². The molecule has 2 aromatic heterocycles. The van der Waals surface area contributed by atoms with Crippen molar-refractivity contribution in [2.45, 2.75) is 31.8 Å². The summed E-state index contributed by atoms with van der Waals surface area (Å²) >= 11 is 0. The minimum absolute atomic E-state index is 0.207. The molecule has 2 amide bonds. The van der Waals surface area contributed by atoms with Crippen LogP contribution in [0.5, 0.6) is 0 Å². The van der Waals surface area contributed by atoms with E-state index in [1.807, 2.05) is 67.6 Å². The van der Waals surface area contributed by atoms with E-state index < -0.39 is 0 Å². The molecule has 2 atom stereocenters. The summed E-state index contributed by atoms with van der Waals surface area (Å²) in [6, 6.07) is 19.2. The number of carbonyl (C=O) groups is 1. The molecule has 4 aromatic rings. The van der Waals surface area contributed by atoms with Crippen molar-refractivity contribution in [3.8, 4) is 11.3 Å². The summed E-state index contributed by atoms with van der Waals surface area (Å²) in [6.07, 6.45) is 6.58. The van der Waals surface area contributed by atoms with Crippen molar-refractivity contribution in [2.75, 3.05) is 0 Å². The van der Waals surface area contributed by atoms with Crippen LogP contribution in [0.3, 0.4) is 0 Å². The summed E-state index contributed by atoms with van der Waals surface area (Å²) in [5.74, 6) is 1.55. The van der Waals surface area contributed by atoms with Crippen LogP contribution in [0.2, 0.25) is 0 Å². The number of carbonyl (C=O) groups excluding carboxylic acids is 1. The minimum atomic E-state index is -0.245. The fraction of sp³-hybridized carbons (Fsp3) is 0.208. The average molecular weight is 415 g/mol. The molecule has 31 heavy (non-hydrogen) atoms. The third-order valence-electron chi connectivity index (χ3n) is 5.18. The topological polar surface area (TPSA) is 98.5 Å². The Kier molecular flexibility index (Phi) is 6.42. The Morgan fingerprint density at radius 2 is 1.68 bits per heavy atom. The predicted octanol–water partition coefficient (Wildman–Crippen LogP) is 4.53. The number of benzene rings is 2. The molecule has 4 rings (SSSR count). The van der Waals surface area contributed by atoms with Crippen LogP contribution in [0.25, 0.3) is 11.3 Å². The van der Waals surface area contributed by atoms with Gasteiger partial charge in [-0.25, -0.2) is 14.8 Å². The second kappa shape index (κ2) is 9.75. The summed E-state index contributed by atoms with van der Waals surface area (Å²) in [4.78, 5) is 28.1. The van der Waals surface area contributed by atoms with E-state index in [2.05, 4.69) is 30.6 Å². The Hall–Kier alpha value is -3.87. The highest BCUT2D eigenvalue weighted by Crippen LogP contribution is 2.21. The number of hydrogen-bond acceptors (Lipinski definition) is 3. The molecule has 0 fully saturated rings. The number of hydrogen-bond donors (Lipinski definition) is 4. The zero-order valence-electron chi connectivity index (χ0n) is 17.4. The van der Waals surface area contributed by atoms with Gasteiger partial charge in [0.05, 0.1) is 24.0 Å². The van der Waals surface area contributed by atoms with Crippen molar-refractivity contribution >= 4 is 6.03 Å². The number of rotatable bonds is 8. The summed E-state index contributed by atoms with van der Waals surface area (Å²) in [5, 5.41) is 6.15. The monoisotopic (exact) mass is 414 g/mol. The van der Waals surface area contributed by atoms with Gasteiger partial charge in [0.15, 0.2) is 0 Å².